The van der Waals surface area contributed by atoms with Crippen LogP contribution in [-0.2, 0) is 0 Å². The molecule has 1 rings (SSSR count). The zero-order chi connectivity index (χ0) is 11.8. The van der Waals surface area contributed by atoms with E-state index < -0.39 is 0 Å². The van der Waals surface area contributed by atoms with Crippen molar-refractivity contribution in [2.24, 2.45) is 0 Å². The summed E-state index contributed by atoms with van der Waals surface area (Å²) in [5.74, 6) is 0.839. The molecule has 0 fully saturated rings. The molecule has 1 aromatic rings. The summed E-state index contributed by atoms with van der Waals surface area (Å²) in [5, 5.41) is 11.4. The smallest absolute Gasteiger partial charge is 0.181 e. The molecule has 0 unspecified atom stereocenters. The summed E-state index contributed by atoms with van der Waals surface area (Å²) >= 11 is 0. The number of hydroxylamine groups is 1. The number of unbranched alkanes of at least 4 members (excludes halogenated alkanes) is 1. The Morgan fingerprint density at radius 1 is 1.25 bits per heavy atom. The van der Waals surface area contributed by atoms with Crippen molar-refractivity contribution in [2.45, 2.75) is 26.7 Å². The molecule has 0 heterocycles. The summed E-state index contributed by atoms with van der Waals surface area (Å²) in [6, 6.07) is 7.54. The van der Waals surface area contributed by atoms with E-state index in [2.05, 4.69) is 6.92 Å². The van der Waals surface area contributed by atoms with E-state index in [0.717, 1.165) is 28.9 Å². The van der Waals surface area contributed by atoms with Crippen molar-refractivity contribution in [1.29, 1.82) is 0 Å². The molecule has 0 aliphatic carbocycles. The zero-order valence-electron chi connectivity index (χ0n) is 9.98. The van der Waals surface area contributed by atoms with Gasteiger partial charge in [-0.05, 0) is 31.2 Å². The maximum atomic E-state index is 11.4. The third kappa shape index (κ3) is 4.34. The van der Waals surface area contributed by atoms with Gasteiger partial charge in [0.15, 0.2) is 12.8 Å². The summed E-state index contributed by atoms with van der Waals surface area (Å²) in [7, 11) is 0. The number of ether oxygens (including phenoxy) is 1. The van der Waals surface area contributed by atoms with Gasteiger partial charge in [-0.15, -0.1) is 0 Å². The molecule has 0 radical (unpaired) electrons. The van der Waals surface area contributed by atoms with E-state index in [1.54, 1.807) is 6.21 Å². The molecule has 0 N–H and O–H groups in total. The molecule has 0 spiro atoms. The van der Waals surface area contributed by atoms with Gasteiger partial charge in [0.2, 0.25) is 0 Å². The van der Waals surface area contributed by atoms with Crippen molar-refractivity contribution in [3.63, 3.8) is 0 Å². The second kappa shape index (κ2) is 6.88. The van der Waals surface area contributed by atoms with Crippen LogP contribution >= 0.6 is 0 Å². The van der Waals surface area contributed by atoms with Crippen LogP contribution in [0.1, 0.15) is 32.3 Å². The highest BCUT2D eigenvalue weighted by atomic mass is 16.5. The molecule has 0 bridgehead atoms. The lowest BCUT2D eigenvalue weighted by atomic mass is 10.2. The van der Waals surface area contributed by atoms with Crippen LogP contribution in [0.4, 0.5) is 0 Å². The molecule has 88 valence electrons. The normalized spacial score (nSPS) is 11.5. The van der Waals surface area contributed by atoms with E-state index in [1.807, 2.05) is 31.2 Å². The molecule has 0 saturated carbocycles. The maximum Gasteiger partial charge on any atom is 0.181 e. The highest BCUT2D eigenvalue weighted by Gasteiger charge is 1.97. The van der Waals surface area contributed by atoms with Gasteiger partial charge in [0.1, 0.15) is 5.75 Å². The van der Waals surface area contributed by atoms with E-state index in [4.69, 9.17) is 4.74 Å². The Morgan fingerprint density at radius 3 is 2.50 bits per heavy atom. The molecule has 0 atom stereocenters. The Kier molecular flexibility index (Phi) is 5.40. The number of hydrogen-bond donors (Lipinski definition) is 0. The highest BCUT2D eigenvalue weighted by Crippen LogP contribution is 2.10. The van der Waals surface area contributed by atoms with Gasteiger partial charge in [-0.25, -0.2) is 4.74 Å². The Morgan fingerprint density at radius 2 is 1.94 bits per heavy atom. The van der Waals surface area contributed by atoms with Crippen molar-refractivity contribution >= 4 is 6.21 Å². The quantitative estimate of drug-likeness (QED) is 0.320. The fraction of sp³-hybridized carbons (Fsp3) is 0.462. The summed E-state index contributed by atoms with van der Waals surface area (Å²) in [4.78, 5) is 0. The topological polar surface area (TPSA) is 35.3 Å². The number of rotatable bonds is 6. The lowest BCUT2D eigenvalue weighted by Gasteiger charge is -2.04. The van der Waals surface area contributed by atoms with Crippen LogP contribution in [0.5, 0.6) is 5.75 Å². The first-order valence-electron chi connectivity index (χ1n) is 5.77. The van der Waals surface area contributed by atoms with Gasteiger partial charge in [0.25, 0.3) is 0 Å². The lowest BCUT2D eigenvalue weighted by Crippen LogP contribution is -2.07. The molecule has 0 aromatic heterocycles. The Bertz CT molecular complexity index is 330. The van der Waals surface area contributed by atoms with Crippen molar-refractivity contribution in [3.05, 3.63) is 35.0 Å². The van der Waals surface area contributed by atoms with Gasteiger partial charge in [0, 0.05) is 12.0 Å². The molecule has 0 aliphatic heterocycles. The molecule has 0 saturated heterocycles. The van der Waals surface area contributed by atoms with Crippen LogP contribution in [0.2, 0.25) is 0 Å². The molecule has 3 nitrogen and oxygen atoms in total. The van der Waals surface area contributed by atoms with Crippen molar-refractivity contribution < 1.29 is 9.48 Å². The van der Waals surface area contributed by atoms with Gasteiger partial charge >= 0.3 is 0 Å². The average Bonchev–Trinajstić information content (AvgIpc) is 2.29. The van der Waals surface area contributed by atoms with Crippen molar-refractivity contribution in [3.8, 4) is 5.75 Å². The third-order valence-electron chi connectivity index (χ3n) is 2.22. The van der Waals surface area contributed by atoms with Crippen LogP contribution in [0, 0.1) is 5.21 Å². The summed E-state index contributed by atoms with van der Waals surface area (Å²) in [6.45, 7) is 5.24. The second-order valence-electron chi connectivity index (χ2n) is 3.63. The fourth-order valence-electron chi connectivity index (χ4n) is 1.36. The minimum atomic E-state index is 0.559. The van der Waals surface area contributed by atoms with Crippen LogP contribution in [-0.4, -0.2) is 24.1 Å². The maximum absolute atomic E-state index is 11.4. The molecule has 16 heavy (non-hydrogen) atoms. The van der Waals surface area contributed by atoms with Gasteiger partial charge in [-0.1, -0.05) is 13.3 Å². The standard InChI is InChI=1S/C13H19NO2/c1-3-5-10-14(15)11-12-6-8-13(9-7-12)16-4-2/h6-9,11H,3-5,10H2,1-2H3. The zero-order valence-corrected chi connectivity index (χ0v) is 9.98. The minimum Gasteiger partial charge on any atom is -0.624 e. The SMILES string of the molecule is CCCC[N+]([O-])=Cc1ccc(OCC)cc1. The second-order valence-corrected chi connectivity index (χ2v) is 3.63. The molecule has 0 aliphatic rings. The Balaban J connectivity index is 2.59. The first kappa shape index (κ1) is 12.6. The average molecular weight is 221 g/mol. The van der Waals surface area contributed by atoms with Crippen LogP contribution < -0.4 is 4.74 Å². The highest BCUT2D eigenvalue weighted by molar-refractivity contribution is 5.75. The molecule has 0 amide bonds. The first-order valence-corrected chi connectivity index (χ1v) is 5.77. The van der Waals surface area contributed by atoms with Gasteiger partial charge in [0.05, 0.1) is 6.61 Å². The van der Waals surface area contributed by atoms with Gasteiger partial charge in [-0.2, -0.15) is 0 Å². The fourth-order valence-corrected chi connectivity index (χ4v) is 1.36. The van der Waals surface area contributed by atoms with E-state index >= 15 is 0 Å². The number of benzene rings is 1. The molecular weight excluding hydrogens is 202 g/mol. The molecule has 3 heteroatoms. The molecular formula is C13H19NO2. The van der Waals surface area contributed by atoms with E-state index in [9.17, 15) is 5.21 Å². The van der Waals surface area contributed by atoms with Crippen LogP contribution in [0.15, 0.2) is 24.3 Å². The molecule has 1 aromatic carbocycles. The Labute approximate surface area is 97.0 Å². The van der Waals surface area contributed by atoms with Gasteiger partial charge in [-0.3, -0.25) is 0 Å². The van der Waals surface area contributed by atoms with Crippen molar-refractivity contribution in [2.75, 3.05) is 13.2 Å². The largest absolute Gasteiger partial charge is 0.624 e. The minimum absolute atomic E-state index is 0.559. The van der Waals surface area contributed by atoms with E-state index in [-0.39, 0.29) is 0 Å². The Hall–Kier alpha value is -1.51. The summed E-state index contributed by atoms with van der Waals surface area (Å²) in [5.41, 5.74) is 0.912. The summed E-state index contributed by atoms with van der Waals surface area (Å²) in [6.07, 6.45) is 3.58. The summed E-state index contributed by atoms with van der Waals surface area (Å²) < 4.78 is 6.31. The van der Waals surface area contributed by atoms with Crippen molar-refractivity contribution in [1.82, 2.24) is 0 Å². The monoisotopic (exact) mass is 221 g/mol. The number of nitrogens with zero attached hydrogens (tertiary/aromatic N) is 1. The number of hydrogen-bond acceptors (Lipinski definition) is 2. The van der Waals surface area contributed by atoms with Gasteiger partial charge < -0.3 is 9.94 Å². The first-order chi connectivity index (χ1) is 7.76. The third-order valence-corrected chi connectivity index (χ3v) is 2.22. The van der Waals surface area contributed by atoms with Crippen LogP contribution in [0.3, 0.4) is 0 Å². The van der Waals surface area contributed by atoms with E-state index in [1.165, 1.54) is 0 Å². The predicted molar refractivity (Wildman–Crippen MR) is 66.2 cm³/mol. The van der Waals surface area contributed by atoms with Crippen LogP contribution in [0.25, 0.3) is 0 Å². The predicted octanol–water partition coefficient (Wildman–Crippen LogP) is 2.81. The van der Waals surface area contributed by atoms with E-state index in [0.29, 0.717) is 13.2 Å². The lowest BCUT2D eigenvalue weighted by molar-refractivity contribution is -0.452.